The maximum atomic E-state index is 13.1. The highest BCUT2D eigenvalue weighted by atomic mass is 16.1. The summed E-state index contributed by atoms with van der Waals surface area (Å²) in [5.74, 6) is 0.940. The summed E-state index contributed by atoms with van der Waals surface area (Å²) in [6, 6.07) is 1.72. The Morgan fingerprint density at radius 2 is 2.00 bits per heavy atom. The van der Waals surface area contributed by atoms with E-state index in [0.717, 1.165) is 23.6 Å². The average Bonchev–Trinajstić information content (AvgIpc) is 3.09. The van der Waals surface area contributed by atoms with Gasteiger partial charge in [0.05, 0.1) is 11.7 Å². The number of aryl methyl sites for hydroxylation is 4. The summed E-state index contributed by atoms with van der Waals surface area (Å²) in [6.07, 6.45) is 2.27. The van der Waals surface area contributed by atoms with Crippen LogP contribution in [-0.2, 0) is 7.05 Å². The van der Waals surface area contributed by atoms with Gasteiger partial charge in [-0.2, -0.15) is 10.2 Å². The van der Waals surface area contributed by atoms with Gasteiger partial charge in [-0.15, -0.1) is 0 Å². The van der Waals surface area contributed by atoms with E-state index < -0.39 is 0 Å². The molecule has 0 fully saturated rings. The van der Waals surface area contributed by atoms with Crippen molar-refractivity contribution >= 4 is 11.6 Å². The topological polar surface area (TPSA) is 90.0 Å². The Balaban J connectivity index is 1.99. The van der Waals surface area contributed by atoms with Crippen molar-refractivity contribution < 1.29 is 4.79 Å². The third-order valence-corrected chi connectivity index (χ3v) is 4.37. The van der Waals surface area contributed by atoms with E-state index in [2.05, 4.69) is 39.3 Å². The van der Waals surface area contributed by atoms with Crippen molar-refractivity contribution in [1.29, 1.82) is 0 Å². The first kappa shape index (κ1) is 18.0. The zero-order valence-corrected chi connectivity index (χ0v) is 16.1. The van der Waals surface area contributed by atoms with E-state index in [1.807, 2.05) is 33.9 Å². The smallest absolute Gasteiger partial charge is 0.257 e. The number of fused-ring (bicyclic) bond motifs is 1. The fourth-order valence-corrected chi connectivity index (χ4v) is 3.24. The van der Waals surface area contributed by atoms with Crippen LogP contribution in [0.15, 0.2) is 12.4 Å². The molecule has 1 atom stereocenters. The summed E-state index contributed by atoms with van der Waals surface area (Å²) in [4.78, 5) is 22.0. The summed E-state index contributed by atoms with van der Waals surface area (Å²) in [7, 11) is 1.83. The molecule has 0 aliphatic rings. The number of nitrogens with one attached hydrogen (secondary N) is 1. The lowest BCUT2D eigenvalue weighted by Crippen LogP contribution is -2.32. The van der Waals surface area contributed by atoms with E-state index >= 15 is 0 Å². The van der Waals surface area contributed by atoms with Crippen molar-refractivity contribution in [3.8, 4) is 0 Å². The zero-order valence-electron chi connectivity index (χ0n) is 16.1. The molecule has 0 aliphatic carbocycles. The van der Waals surface area contributed by atoms with Crippen LogP contribution in [0.2, 0.25) is 0 Å². The number of rotatable bonds is 5. The number of hydrogen-bond acceptors (Lipinski definition) is 5. The van der Waals surface area contributed by atoms with Crippen molar-refractivity contribution in [2.45, 2.75) is 47.1 Å². The lowest BCUT2D eigenvalue weighted by molar-refractivity contribution is 0.0930. The van der Waals surface area contributed by atoms with E-state index in [4.69, 9.17) is 0 Å². The lowest BCUT2D eigenvalue weighted by atomic mass is 10.0. The predicted octanol–water partition coefficient (Wildman–Crippen LogP) is 2.30. The molecule has 1 amide bonds. The number of carbonyl (C=O) groups is 1. The molecule has 8 nitrogen and oxygen atoms in total. The third-order valence-electron chi connectivity index (χ3n) is 4.37. The first-order valence-corrected chi connectivity index (χ1v) is 8.76. The second-order valence-corrected chi connectivity index (χ2v) is 7.13. The molecule has 3 heterocycles. The largest absolute Gasteiger partial charge is 0.342 e. The first-order valence-electron chi connectivity index (χ1n) is 8.76. The summed E-state index contributed by atoms with van der Waals surface area (Å²) in [6.45, 7) is 9.93. The maximum Gasteiger partial charge on any atom is 0.257 e. The molecule has 0 bridgehead atoms. The van der Waals surface area contributed by atoms with Crippen LogP contribution in [0.25, 0.3) is 5.65 Å². The zero-order chi connectivity index (χ0) is 19.0. The summed E-state index contributed by atoms with van der Waals surface area (Å²) in [5.41, 5.74) is 3.55. The average molecular weight is 355 g/mol. The Labute approximate surface area is 152 Å². The van der Waals surface area contributed by atoms with Gasteiger partial charge in [0.2, 0.25) is 0 Å². The van der Waals surface area contributed by atoms with Crippen molar-refractivity contribution in [3.63, 3.8) is 0 Å². The van der Waals surface area contributed by atoms with Crippen LogP contribution < -0.4 is 5.32 Å². The van der Waals surface area contributed by atoms with Crippen LogP contribution in [0.4, 0.5) is 0 Å². The van der Waals surface area contributed by atoms with Gasteiger partial charge in [-0.25, -0.2) is 14.5 Å². The van der Waals surface area contributed by atoms with E-state index in [1.165, 1.54) is 6.33 Å². The van der Waals surface area contributed by atoms with E-state index in [1.54, 1.807) is 9.20 Å². The second kappa shape index (κ2) is 6.86. The molecular formula is C18H25N7O. The van der Waals surface area contributed by atoms with Gasteiger partial charge >= 0.3 is 0 Å². The maximum absolute atomic E-state index is 13.1. The number of amides is 1. The molecule has 1 N–H and O–H groups in total. The number of nitrogens with zero attached hydrogens (tertiary/aromatic N) is 6. The number of hydrogen-bond donors (Lipinski definition) is 1. The van der Waals surface area contributed by atoms with Crippen LogP contribution in [0, 0.1) is 26.7 Å². The van der Waals surface area contributed by atoms with Gasteiger partial charge in [0.1, 0.15) is 17.7 Å². The van der Waals surface area contributed by atoms with Crippen LogP contribution in [0.1, 0.15) is 59.6 Å². The molecule has 0 unspecified atom stereocenters. The van der Waals surface area contributed by atoms with Crippen LogP contribution in [0.3, 0.4) is 0 Å². The minimum absolute atomic E-state index is 0.191. The monoisotopic (exact) mass is 355 g/mol. The Morgan fingerprint density at radius 1 is 1.27 bits per heavy atom. The Kier molecular flexibility index (Phi) is 4.76. The van der Waals surface area contributed by atoms with E-state index in [9.17, 15) is 4.79 Å². The molecule has 3 aromatic heterocycles. The van der Waals surface area contributed by atoms with Crippen LogP contribution in [-0.4, -0.2) is 35.3 Å². The van der Waals surface area contributed by atoms with Crippen molar-refractivity contribution in [2.75, 3.05) is 0 Å². The van der Waals surface area contributed by atoms with Crippen LogP contribution >= 0.6 is 0 Å². The minimum atomic E-state index is -0.227. The Bertz CT molecular complexity index is 954. The van der Waals surface area contributed by atoms with Crippen molar-refractivity contribution in [3.05, 3.63) is 40.9 Å². The molecule has 0 saturated carbocycles. The molecule has 3 aromatic rings. The number of carbonyl (C=O) groups excluding carboxylic acids is 1. The van der Waals surface area contributed by atoms with Gasteiger partial charge < -0.3 is 5.32 Å². The van der Waals surface area contributed by atoms with Crippen molar-refractivity contribution in [2.24, 2.45) is 13.0 Å². The van der Waals surface area contributed by atoms with E-state index in [-0.39, 0.29) is 11.9 Å². The lowest BCUT2D eigenvalue weighted by Gasteiger charge is -2.19. The normalized spacial score (nSPS) is 12.7. The molecule has 0 aromatic carbocycles. The fraction of sp³-hybridized carbons (Fsp3) is 0.500. The highest BCUT2D eigenvalue weighted by Crippen LogP contribution is 2.22. The van der Waals surface area contributed by atoms with Crippen molar-refractivity contribution in [1.82, 2.24) is 34.7 Å². The number of aromatic nitrogens is 6. The molecule has 0 saturated heterocycles. The molecule has 0 radical (unpaired) electrons. The summed E-state index contributed by atoms with van der Waals surface area (Å²) < 4.78 is 3.42. The highest BCUT2D eigenvalue weighted by molar-refractivity contribution is 6.01. The van der Waals surface area contributed by atoms with Gasteiger partial charge in [0.25, 0.3) is 5.91 Å². The SMILES string of the molecule is Cc1cc(C)n2nc(C)c(C(=O)N[C@@H](CC(C)C)c3ncnn3C)c2n1. The Morgan fingerprint density at radius 3 is 2.62 bits per heavy atom. The molecule has 0 spiro atoms. The van der Waals surface area contributed by atoms with Gasteiger partial charge in [-0.1, -0.05) is 13.8 Å². The van der Waals surface area contributed by atoms with Gasteiger partial charge in [0, 0.05) is 18.4 Å². The van der Waals surface area contributed by atoms with Gasteiger partial charge in [-0.3, -0.25) is 9.48 Å². The molecular weight excluding hydrogens is 330 g/mol. The molecule has 3 rings (SSSR count). The summed E-state index contributed by atoms with van der Waals surface area (Å²) >= 11 is 0. The molecule has 0 aliphatic heterocycles. The minimum Gasteiger partial charge on any atom is -0.342 e. The van der Waals surface area contributed by atoms with Gasteiger partial charge in [0.15, 0.2) is 5.65 Å². The Hall–Kier alpha value is -2.77. The fourth-order valence-electron chi connectivity index (χ4n) is 3.24. The third kappa shape index (κ3) is 3.31. The molecule has 8 heteroatoms. The summed E-state index contributed by atoms with van der Waals surface area (Å²) in [5, 5.41) is 11.7. The molecule has 26 heavy (non-hydrogen) atoms. The highest BCUT2D eigenvalue weighted by Gasteiger charge is 2.25. The quantitative estimate of drug-likeness (QED) is 0.758. The molecule has 138 valence electrons. The van der Waals surface area contributed by atoms with Crippen LogP contribution in [0.5, 0.6) is 0 Å². The second-order valence-electron chi connectivity index (χ2n) is 7.13. The van der Waals surface area contributed by atoms with E-state index in [0.29, 0.717) is 22.8 Å². The standard InChI is InChI=1S/C18H25N7O/c1-10(2)7-14(16-19-9-20-24(16)6)22-18(26)15-13(5)23-25-12(4)8-11(3)21-17(15)25/h8-10,14H,7H2,1-6H3,(H,22,26)/t14-/m0/s1. The first-order chi connectivity index (χ1) is 12.3. The van der Waals surface area contributed by atoms with Gasteiger partial charge in [-0.05, 0) is 39.2 Å². The predicted molar refractivity (Wildman–Crippen MR) is 97.9 cm³/mol.